The first-order valence-corrected chi connectivity index (χ1v) is 11.0. The van der Waals surface area contributed by atoms with Crippen molar-refractivity contribution in [2.24, 2.45) is 4.99 Å². The summed E-state index contributed by atoms with van der Waals surface area (Å²) >= 11 is 0. The summed E-state index contributed by atoms with van der Waals surface area (Å²) in [5, 5.41) is 0. The van der Waals surface area contributed by atoms with Gasteiger partial charge in [0.25, 0.3) is 0 Å². The Morgan fingerprint density at radius 1 is 0.938 bits per heavy atom. The molecule has 0 bridgehead atoms. The average Bonchev–Trinajstić information content (AvgIpc) is 3.15. The SMILES string of the molecule is COc1cc(/C=C2/N=C(c3ccccc3)OC2=O)ccc1OS(=O)(=O)c1ccc(C)cc1. The molecule has 0 amide bonds. The van der Waals surface area contributed by atoms with Crippen LogP contribution in [0.1, 0.15) is 16.7 Å². The molecule has 0 saturated carbocycles. The lowest BCUT2D eigenvalue weighted by Crippen LogP contribution is -2.10. The first kappa shape index (κ1) is 21.3. The van der Waals surface area contributed by atoms with Crippen molar-refractivity contribution < 1.29 is 26.9 Å². The van der Waals surface area contributed by atoms with Gasteiger partial charge < -0.3 is 13.7 Å². The second-order valence-corrected chi connectivity index (χ2v) is 8.51. The van der Waals surface area contributed by atoms with Crippen molar-refractivity contribution in [3.05, 3.63) is 95.2 Å². The molecule has 0 fully saturated rings. The van der Waals surface area contributed by atoms with E-state index in [1.165, 1.54) is 31.4 Å². The summed E-state index contributed by atoms with van der Waals surface area (Å²) in [6.45, 7) is 1.86. The maximum absolute atomic E-state index is 12.6. The van der Waals surface area contributed by atoms with E-state index < -0.39 is 16.1 Å². The lowest BCUT2D eigenvalue weighted by molar-refractivity contribution is -0.129. The fourth-order valence-corrected chi connectivity index (χ4v) is 3.92. The number of cyclic esters (lactones) is 1. The van der Waals surface area contributed by atoms with Crippen LogP contribution in [0.4, 0.5) is 0 Å². The van der Waals surface area contributed by atoms with Crippen LogP contribution in [0.15, 0.2) is 88.4 Å². The van der Waals surface area contributed by atoms with Gasteiger partial charge in [0.2, 0.25) is 5.90 Å². The monoisotopic (exact) mass is 449 g/mol. The van der Waals surface area contributed by atoms with Crippen molar-refractivity contribution >= 4 is 28.1 Å². The fourth-order valence-electron chi connectivity index (χ4n) is 2.99. The molecule has 32 heavy (non-hydrogen) atoms. The lowest BCUT2D eigenvalue weighted by Gasteiger charge is -2.11. The smallest absolute Gasteiger partial charge is 0.363 e. The van der Waals surface area contributed by atoms with Gasteiger partial charge in [-0.05, 0) is 55.0 Å². The van der Waals surface area contributed by atoms with Gasteiger partial charge in [-0.2, -0.15) is 8.42 Å². The molecular weight excluding hydrogens is 430 g/mol. The van der Waals surface area contributed by atoms with Gasteiger partial charge in [0.1, 0.15) is 4.90 Å². The molecule has 0 spiro atoms. The predicted molar refractivity (Wildman–Crippen MR) is 119 cm³/mol. The zero-order chi connectivity index (χ0) is 22.7. The highest BCUT2D eigenvalue weighted by Crippen LogP contribution is 2.32. The van der Waals surface area contributed by atoms with Gasteiger partial charge in [0.15, 0.2) is 17.2 Å². The van der Waals surface area contributed by atoms with Gasteiger partial charge in [-0.1, -0.05) is 42.0 Å². The zero-order valence-electron chi connectivity index (χ0n) is 17.3. The van der Waals surface area contributed by atoms with Crippen LogP contribution in [-0.4, -0.2) is 27.4 Å². The van der Waals surface area contributed by atoms with E-state index in [-0.39, 0.29) is 28.0 Å². The standard InChI is InChI=1S/C24H19NO6S/c1-16-8-11-19(12-9-16)32(27,28)31-21-13-10-17(15-22(21)29-2)14-20-24(26)30-23(25-20)18-6-4-3-5-7-18/h3-15H,1-2H3/b20-14+. The Kier molecular flexibility index (Phi) is 5.79. The topological polar surface area (TPSA) is 91.3 Å². The number of nitrogens with zero attached hydrogens (tertiary/aromatic N) is 1. The summed E-state index contributed by atoms with van der Waals surface area (Å²) in [5.41, 5.74) is 2.30. The first-order chi connectivity index (χ1) is 15.4. The van der Waals surface area contributed by atoms with Gasteiger partial charge in [-0.25, -0.2) is 9.79 Å². The third kappa shape index (κ3) is 4.55. The number of hydrogen-bond donors (Lipinski definition) is 0. The molecule has 0 aliphatic carbocycles. The van der Waals surface area contributed by atoms with Crippen LogP contribution >= 0.6 is 0 Å². The summed E-state index contributed by atoms with van der Waals surface area (Å²) in [5.74, 6) is -0.144. The van der Waals surface area contributed by atoms with Crippen LogP contribution in [0.3, 0.4) is 0 Å². The van der Waals surface area contributed by atoms with Gasteiger partial charge in [0, 0.05) is 5.56 Å². The van der Waals surface area contributed by atoms with Crippen LogP contribution < -0.4 is 8.92 Å². The number of methoxy groups -OCH3 is 1. The lowest BCUT2D eigenvalue weighted by atomic mass is 10.1. The molecule has 1 aliphatic heterocycles. The second kappa shape index (κ2) is 8.68. The molecule has 0 saturated heterocycles. The molecular formula is C24H19NO6S. The number of ether oxygens (including phenoxy) is 2. The number of carbonyl (C=O) groups excluding carboxylic acids is 1. The molecule has 162 valence electrons. The number of carbonyl (C=O) groups is 1. The molecule has 8 heteroatoms. The Balaban J connectivity index is 1.61. The number of hydrogen-bond acceptors (Lipinski definition) is 7. The fraction of sp³-hybridized carbons (Fsp3) is 0.0833. The Morgan fingerprint density at radius 2 is 1.66 bits per heavy atom. The molecule has 0 atom stereocenters. The quantitative estimate of drug-likeness (QED) is 0.319. The van der Waals surface area contributed by atoms with Crippen molar-refractivity contribution in [1.29, 1.82) is 0 Å². The molecule has 1 heterocycles. The summed E-state index contributed by atoms with van der Waals surface area (Å²) in [6, 6.07) is 20.0. The second-order valence-electron chi connectivity index (χ2n) is 6.96. The normalized spacial score (nSPS) is 14.8. The van der Waals surface area contributed by atoms with Crippen molar-refractivity contribution in [1.82, 2.24) is 0 Å². The molecule has 3 aromatic rings. The highest BCUT2D eigenvalue weighted by Gasteiger charge is 2.24. The van der Waals surface area contributed by atoms with E-state index in [2.05, 4.69) is 4.99 Å². The number of aryl methyl sites for hydroxylation is 1. The minimum atomic E-state index is -4.04. The minimum Gasteiger partial charge on any atom is -0.493 e. The highest BCUT2D eigenvalue weighted by atomic mass is 32.2. The number of benzene rings is 3. The van der Waals surface area contributed by atoms with Crippen molar-refractivity contribution in [3.8, 4) is 11.5 Å². The molecule has 0 radical (unpaired) electrons. The summed E-state index contributed by atoms with van der Waals surface area (Å²) in [6.07, 6.45) is 1.53. The number of aliphatic imine (C=N–C) groups is 1. The van der Waals surface area contributed by atoms with Gasteiger partial charge in [-0.15, -0.1) is 0 Å². The average molecular weight is 449 g/mol. The van der Waals surface area contributed by atoms with E-state index >= 15 is 0 Å². The van der Waals surface area contributed by atoms with Crippen LogP contribution in [0.25, 0.3) is 6.08 Å². The van der Waals surface area contributed by atoms with Crippen LogP contribution in [0.5, 0.6) is 11.5 Å². The molecule has 3 aromatic carbocycles. The van der Waals surface area contributed by atoms with E-state index in [1.54, 1.807) is 36.4 Å². The Morgan fingerprint density at radius 3 is 2.34 bits per heavy atom. The molecule has 0 unspecified atom stereocenters. The van der Waals surface area contributed by atoms with E-state index in [1.807, 2.05) is 25.1 Å². The largest absolute Gasteiger partial charge is 0.493 e. The van der Waals surface area contributed by atoms with Gasteiger partial charge in [-0.3, -0.25) is 0 Å². The molecule has 1 aliphatic rings. The van der Waals surface area contributed by atoms with E-state index in [9.17, 15) is 13.2 Å². The van der Waals surface area contributed by atoms with Crippen molar-refractivity contribution in [3.63, 3.8) is 0 Å². The third-order valence-corrected chi connectivity index (χ3v) is 5.89. The number of esters is 1. The Hall–Kier alpha value is -3.91. The Labute approximate surface area is 185 Å². The summed E-state index contributed by atoms with van der Waals surface area (Å²) in [4.78, 5) is 16.5. The van der Waals surface area contributed by atoms with E-state index in [4.69, 9.17) is 13.7 Å². The van der Waals surface area contributed by atoms with Gasteiger partial charge in [0.05, 0.1) is 7.11 Å². The zero-order valence-corrected chi connectivity index (χ0v) is 18.1. The molecule has 4 rings (SSSR count). The third-order valence-electron chi connectivity index (χ3n) is 4.64. The molecule has 0 aromatic heterocycles. The Bertz CT molecular complexity index is 1330. The van der Waals surface area contributed by atoms with E-state index in [0.29, 0.717) is 11.1 Å². The maximum atomic E-state index is 12.6. The van der Waals surface area contributed by atoms with Crippen LogP contribution in [0.2, 0.25) is 0 Å². The molecule has 0 N–H and O–H groups in total. The predicted octanol–water partition coefficient (Wildman–Crippen LogP) is 4.12. The van der Waals surface area contributed by atoms with Crippen molar-refractivity contribution in [2.75, 3.05) is 7.11 Å². The van der Waals surface area contributed by atoms with Crippen LogP contribution in [-0.2, 0) is 19.6 Å². The summed E-state index contributed by atoms with van der Waals surface area (Å²) in [7, 11) is -2.64. The minimum absolute atomic E-state index is 0.0256. The number of rotatable bonds is 6. The summed E-state index contributed by atoms with van der Waals surface area (Å²) < 4.78 is 41.0. The van der Waals surface area contributed by atoms with Gasteiger partial charge >= 0.3 is 16.1 Å². The van der Waals surface area contributed by atoms with Crippen LogP contribution in [0, 0.1) is 6.92 Å². The first-order valence-electron chi connectivity index (χ1n) is 9.63. The maximum Gasteiger partial charge on any atom is 0.363 e. The molecule has 7 nitrogen and oxygen atoms in total. The van der Waals surface area contributed by atoms with Crippen molar-refractivity contribution in [2.45, 2.75) is 11.8 Å². The van der Waals surface area contributed by atoms with E-state index in [0.717, 1.165) is 5.56 Å². The highest BCUT2D eigenvalue weighted by molar-refractivity contribution is 7.87.